The zero-order chi connectivity index (χ0) is 14.6. The fourth-order valence-electron chi connectivity index (χ4n) is 1.26. The molecule has 0 saturated heterocycles. The quantitative estimate of drug-likeness (QED) is 0.510. The summed E-state index contributed by atoms with van der Waals surface area (Å²) in [7, 11) is 0. The molecule has 0 aliphatic rings. The third-order valence-corrected chi connectivity index (χ3v) is 2.17. The molecule has 0 fully saturated rings. The van der Waals surface area contributed by atoms with Crippen LogP contribution >= 0.6 is 0 Å². The summed E-state index contributed by atoms with van der Waals surface area (Å²) in [5.41, 5.74) is -1.49. The first-order valence-corrected chi connectivity index (χ1v) is 4.87. The van der Waals surface area contributed by atoms with Crippen LogP contribution in [0.5, 0.6) is 0 Å². The van der Waals surface area contributed by atoms with E-state index in [-0.39, 0.29) is 5.56 Å². The summed E-state index contributed by atoms with van der Waals surface area (Å²) in [5, 5.41) is 21.3. The normalized spacial score (nSPS) is 11.2. The average molecular weight is 277 g/mol. The molecule has 1 N–H and O–H groups in total. The van der Waals surface area contributed by atoms with Gasteiger partial charge < -0.3 is 5.32 Å². The summed E-state index contributed by atoms with van der Waals surface area (Å²) in [5.74, 6) is -4.32. The van der Waals surface area contributed by atoms with Gasteiger partial charge in [0.15, 0.2) is 0 Å². The standard InChI is InChI=1S/C10H7F4N3O2/c11-9(12)10(13,14)5-16-7-3-1-2-6(4-15)8(7)17(18)19/h1-3,9,16H,5H2. The van der Waals surface area contributed by atoms with E-state index in [9.17, 15) is 27.7 Å². The van der Waals surface area contributed by atoms with Gasteiger partial charge in [-0.15, -0.1) is 0 Å². The number of halogens is 4. The first kappa shape index (κ1) is 14.7. The molecule has 19 heavy (non-hydrogen) atoms. The number of nitro groups is 1. The number of para-hydroxylation sites is 1. The van der Waals surface area contributed by atoms with Gasteiger partial charge >= 0.3 is 18.0 Å². The van der Waals surface area contributed by atoms with Crippen molar-refractivity contribution in [3.8, 4) is 6.07 Å². The SMILES string of the molecule is N#Cc1cccc(NCC(F)(F)C(F)F)c1[N+](=O)[O-]. The predicted molar refractivity (Wildman–Crippen MR) is 57.3 cm³/mol. The summed E-state index contributed by atoms with van der Waals surface area (Å²) in [6.07, 6.45) is -3.89. The summed E-state index contributed by atoms with van der Waals surface area (Å²) in [6, 6.07) is 4.91. The Morgan fingerprint density at radius 3 is 2.58 bits per heavy atom. The van der Waals surface area contributed by atoms with E-state index in [4.69, 9.17) is 5.26 Å². The van der Waals surface area contributed by atoms with Gasteiger partial charge in [-0.1, -0.05) is 6.07 Å². The minimum Gasteiger partial charge on any atom is -0.373 e. The first-order valence-electron chi connectivity index (χ1n) is 4.87. The van der Waals surface area contributed by atoms with Crippen molar-refractivity contribution in [1.82, 2.24) is 0 Å². The number of nitro benzene ring substituents is 1. The van der Waals surface area contributed by atoms with Crippen LogP contribution in [0, 0.1) is 21.4 Å². The lowest BCUT2D eigenvalue weighted by Gasteiger charge is -2.16. The maximum atomic E-state index is 12.7. The van der Waals surface area contributed by atoms with Crippen molar-refractivity contribution in [2.24, 2.45) is 0 Å². The Labute approximate surface area is 104 Å². The number of rotatable bonds is 5. The molecule has 0 heterocycles. The molecule has 0 spiro atoms. The zero-order valence-electron chi connectivity index (χ0n) is 9.24. The number of nitrogens with zero attached hydrogens (tertiary/aromatic N) is 2. The maximum absolute atomic E-state index is 12.7. The number of alkyl halides is 4. The molecule has 0 aromatic heterocycles. The van der Waals surface area contributed by atoms with E-state index >= 15 is 0 Å². The van der Waals surface area contributed by atoms with Gasteiger partial charge in [-0.3, -0.25) is 10.1 Å². The highest BCUT2D eigenvalue weighted by Crippen LogP contribution is 2.30. The maximum Gasteiger partial charge on any atom is 0.324 e. The number of nitrogens with one attached hydrogen (secondary N) is 1. The fraction of sp³-hybridized carbons (Fsp3) is 0.300. The average Bonchev–Trinajstić information content (AvgIpc) is 2.35. The van der Waals surface area contributed by atoms with Gasteiger partial charge in [0, 0.05) is 0 Å². The molecule has 0 bridgehead atoms. The van der Waals surface area contributed by atoms with Crippen molar-refractivity contribution in [3.05, 3.63) is 33.9 Å². The fourth-order valence-corrected chi connectivity index (χ4v) is 1.26. The molecule has 9 heteroatoms. The summed E-state index contributed by atoms with van der Waals surface area (Å²) >= 11 is 0. The van der Waals surface area contributed by atoms with Crippen molar-refractivity contribution >= 4 is 11.4 Å². The molecule has 1 rings (SSSR count). The number of anilines is 1. The van der Waals surface area contributed by atoms with Crippen LogP contribution in [0.1, 0.15) is 5.56 Å². The van der Waals surface area contributed by atoms with Crippen LogP contribution in [0.25, 0.3) is 0 Å². The molecule has 0 amide bonds. The zero-order valence-corrected chi connectivity index (χ0v) is 9.24. The van der Waals surface area contributed by atoms with Crippen molar-refractivity contribution < 1.29 is 22.5 Å². The van der Waals surface area contributed by atoms with Crippen molar-refractivity contribution in [2.45, 2.75) is 12.3 Å². The van der Waals surface area contributed by atoms with Crippen LogP contribution in [0.3, 0.4) is 0 Å². The van der Waals surface area contributed by atoms with Crippen molar-refractivity contribution in [3.63, 3.8) is 0 Å². The van der Waals surface area contributed by atoms with E-state index < -0.39 is 35.2 Å². The molecule has 1 aromatic rings. The lowest BCUT2D eigenvalue weighted by atomic mass is 10.1. The molecule has 0 unspecified atom stereocenters. The minimum absolute atomic E-state index is 0.352. The van der Waals surface area contributed by atoms with Gasteiger partial charge in [-0.25, -0.2) is 8.78 Å². The molecular formula is C10H7F4N3O2. The summed E-state index contributed by atoms with van der Waals surface area (Å²) < 4.78 is 49.3. The molecule has 102 valence electrons. The molecule has 0 radical (unpaired) electrons. The van der Waals surface area contributed by atoms with Crippen LogP contribution in [-0.2, 0) is 0 Å². The molecule has 0 aliphatic carbocycles. The third-order valence-electron chi connectivity index (χ3n) is 2.17. The van der Waals surface area contributed by atoms with Gasteiger partial charge in [0.25, 0.3) is 0 Å². The molecule has 0 atom stereocenters. The highest BCUT2D eigenvalue weighted by Gasteiger charge is 2.40. The Balaban J connectivity index is 3.03. The van der Waals surface area contributed by atoms with Crippen LogP contribution in [0.2, 0.25) is 0 Å². The Kier molecular flexibility index (Phi) is 4.26. The highest BCUT2D eigenvalue weighted by atomic mass is 19.3. The minimum atomic E-state index is -4.32. The second-order valence-electron chi connectivity index (χ2n) is 3.49. The van der Waals surface area contributed by atoms with Gasteiger partial charge in [0.2, 0.25) is 0 Å². The summed E-state index contributed by atoms with van der Waals surface area (Å²) in [4.78, 5) is 9.80. The Morgan fingerprint density at radius 1 is 1.47 bits per heavy atom. The molecular weight excluding hydrogens is 270 g/mol. The van der Waals surface area contributed by atoms with Crippen LogP contribution < -0.4 is 5.32 Å². The molecule has 0 aliphatic heterocycles. The number of nitriles is 1. The Morgan fingerprint density at radius 2 is 2.11 bits per heavy atom. The lowest BCUT2D eigenvalue weighted by molar-refractivity contribution is -0.384. The van der Waals surface area contributed by atoms with Crippen LogP contribution in [0.15, 0.2) is 18.2 Å². The predicted octanol–water partition coefficient (Wildman–Crippen LogP) is 2.78. The Hall–Kier alpha value is -2.37. The molecule has 5 nitrogen and oxygen atoms in total. The first-order chi connectivity index (χ1) is 8.79. The molecule has 1 aromatic carbocycles. The second kappa shape index (κ2) is 5.51. The molecule has 0 saturated carbocycles. The van der Waals surface area contributed by atoms with Crippen LogP contribution in [-0.4, -0.2) is 23.8 Å². The van der Waals surface area contributed by atoms with E-state index in [0.717, 1.165) is 12.1 Å². The smallest absolute Gasteiger partial charge is 0.324 e. The largest absolute Gasteiger partial charge is 0.373 e. The van der Waals surface area contributed by atoms with E-state index in [0.29, 0.717) is 0 Å². The number of hydrogen-bond donors (Lipinski definition) is 1. The Bertz CT molecular complexity index is 528. The summed E-state index contributed by atoms with van der Waals surface area (Å²) in [6.45, 7) is -1.47. The van der Waals surface area contributed by atoms with E-state index in [2.05, 4.69) is 0 Å². The van der Waals surface area contributed by atoms with E-state index in [1.54, 1.807) is 0 Å². The lowest BCUT2D eigenvalue weighted by Crippen LogP contribution is -2.35. The van der Waals surface area contributed by atoms with Gasteiger partial charge in [0.1, 0.15) is 17.3 Å². The number of benzene rings is 1. The second-order valence-corrected chi connectivity index (χ2v) is 3.49. The van der Waals surface area contributed by atoms with Crippen molar-refractivity contribution in [2.75, 3.05) is 11.9 Å². The highest BCUT2D eigenvalue weighted by molar-refractivity contribution is 5.68. The van der Waals surface area contributed by atoms with Gasteiger partial charge in [-0.05, 0) is 12.1 Å². The van der Waals surface area contributed by atoms with Crippen LogP contribution in [0.4, 0.5) is 28.9 Å². The van der Waals surface area contributed by atoms with E-state index in [1.807, 2.05) is 5.32 Å². The monoisotopic (exact) mass is 277 g/mol. The van der Waals surface area contributed by atoms with Crippen molar-refractivity contribution in [1.29, 1.82) is 5.26 Å². The topological polar surface area (TPSA) is 79.0 Å². The third kappa shape index (κ3) is 3.31. The van der Waals surface area contributed by atoms with Gasteiger partial charge in [-0.2, -0.15) is 14.0 Å². The van der Waals surface area contributed by atoms with E-state index in [1.165, 1.54) is 12.1 Å². The number of hydrogen-bond acceptors (Lipinski definition) is 4. The van der Waals surface area contributed by atoms with Gasteiger partial charge in [0.05, 0.1) is 11.5 Å².